The monoisotopic (exact) mass is 430 g/mol. The molecule has 2 heterocycles. The average molecular weight is 431 g/mol. The molecule has 2 aliphatic rings. The highest BCUT2D eigenvalue weighted by atomic mass is 16.4. The fourth-order valence-corrected chi connectivity index (χ4v) is 4.17. The number of rotatable bonds is 11. The topological polar surface area (TPSA) is 102 Å². The Kier molecular flexibility index (Phi) is 8.70. The molecule has 8 heteroatoms. The molecule has 1 atom stereocenters. The van der Waals surface area contributed by atoms with Crippen molar-refractivity contribution < 1.29 is 19.5 Å². The highest BCUT2D eigenvalue weighted by Crippen LogP contribution is 2.21. The van der Waals surface area contributed by atoms with Crippen LogP contribution in [0.15, 0.2) is 24.3 Å². The van der Waals surface area contributed by atoms with Gasteiger partial charge in [-0.3, -0.25) is 24.6 Å². The molecule has 2 aliphatic heterocycles. The van der Waals surface area contributed by atoms with Crippen molar-refractivity contribution in [3.63, 3.8) is 0 Å². The minimum absolute atomic E-state index is 0.201. The van der Waals surface area contributed by atoms with Gasteiger partial charge in [0.25, 0.3) is 0 Å². The van der Waals surface area contributed by atoms with Crippen molar-refractivity contribution in [2.45, 2.75) is 57.4 Å². The van der Waals surface area contributed by atoms with E-state index in [9.17, 15) is 14.4 Å². The number of hydrogen-bond acceptors (Lipinski definition) is 6. The first-order valence-electron chi connectivity index (χ1n) is 11.4. The van der Waals surface area contributed by atoms with Crippen LogP contribution in [0.25, 0.3) is 0 Å². The number of carboxylic acid groups (broad SMARTS) is 1. The minimum Gasteiger partial charge on any atom is -0.481 e. The number of unbranched alkanes of at least 4 members (excludes halogenated alkanes) is 4. The lowest BCUT2D eigenvalue weighted by atomic mass is 10.1. The molecule has 0 aromatic heterocycles. The Morgan fingerprint density at radius 3 is 2.35 bits per heavy atom. The summed E-state index contributed by atoms with van der Waals surface area (Å²) in [5, 5.41) is 14.2. The smallest absolute Gasteiger partial charge is 0.303 e. The lowest BCUT2D eigenvalue weighted by Crippen LogP contribution is -2.47. The number of piperazine rings is 1. The molecule has 0 saturated carbocycles. The van der Waals surface area contributed by atoms with Crippen LogP contribution < -0.4 is 15.5 Å². The number of benzene rings is 1. The van der Waals surface area contributed by atoms with Crippen LogP contribution in [-0.2, 0) is 14.4 Å². The van der Waals surface area contributed by atoms with Crippen molar-refractivity contribution in [1.82, 2.24) is 10.2 Å². The Labute approximate surface area is 184 Å². The van der Waals surface area contributed by atoms with Gasteiger partial charge in [0.05, 0.1) is 0 Å². The molecule has 0 aliphatic carbocycles. The number of nitrogens with zero attached hydrogens (tertiary/aromatic N) is 2. The summed E-state index contributed by atoms with van der Waals surface area (Å²) >= 11 is 0. The van der Waals surface area contributed by atoms with Crippen LogP contribution in [0.5, 0.6) is 0 Å². The number of imide groups is 1. The van der Waals surface area contributed by atoms with Crippen molar-refractivity contribution >= 4 is 29.2 Å². The summed E-state index contributed by atoms with van der Waals surface area (Å²) in [5.74, 6) is -1.15. The van der Waals surface area contributed by atoms with Gasteiger partial charge in [0, 0.05) is 50.4 Å². The predicted octanol–water partition coefficient (Wildman–Crippen LogP) is 2.45. The summed E-state index contributed by atoms with van der Waals surface area (Å²) < 4.78 is 0. The van der Waals surface area contributed by atoms with Crippen molar-refractivity contribution in [2.75, 3.05) is 42.9 Å². The number of carbonyl (C=O) groups is 3. The maximum atomic E-state index is 11.9. The van der Waals surface area contributed by atoms with Gasteiger partial charge in [0.2, 0.25) is 11.8 Å². The van der Waals surface area contributed by atoms with Crippen LogP contribution in [0.3, 0.4) is 0 Å². The predicted molar refractivity (Wildman–Crippen MR) is 120 cm³/mol. The SMILES string of the molecule is O=C(O)CCCCCCCN1CCN(c2ccc(NC3CCC(=O)NC3=O)cc2)CC1. The number of aliphatic carboxylic acids is 1. The zero-order valence-corrected chi connectivity index (χ0v) is 18.1. The molecule has 170 valence electrons. The van der Waals surface area contributed by atoms with Gasteiger partial charge >= 0.3 is 5.97 Å². The summed E-state index contributed by atoms with van der Waals surface area (Å²) in [6.45, 7) is 5.21. The van der Waals surface area contributed by atoms with Crippen LogP contribution in [0.2, 0.25) is 0 Å². The molecule has 0 spiro atoms. The van der Waals surface area contributed by atoms with E-state index >= 15 is 0 Å². The van der Waals surface area contributed by atoms with E-state index in [-0.39, 0.29) is 24.3 Å². The van der Waals surface area contributed by atoms with Gasteiger partial charge in [-0.1, -0.05) is 19.3 Å². The maximum Gasteiger partial charge on any atom is 0.303 e. The van der Waals surface area contributed by atoms with E-state index in [2.05, 4.69) is 32.6 Å². The second-order valence-electron chi connectivity index (χ2n) is 8.44. The third-order valence-corrected chi connectivity index (χ3v) is 6.05. The first-order valence-corrected chi connectivity index (χ1v) is 11.4. The Morgan fingerprint density at radius 1 is 1.00 bits per heavy atom. The Hall–Kier alpha value is -2.61. The second kappa shape index (κ2) is 11.7. The molecule has 0 radical (unpaired) electrons. The molecule has 2 fully saturated rings. The molecule has 1 aromatic carbocycles. The molecule has 3 N–H and O–H groups in total. The highest BCUT2D eigenvalue weighted by molar-refractivity contribution is 6.01. The van der Waals surface area contributed by atoms with Gasteiger partial charge in [0.1, 0.15) is 6.04 Å². The van der Waals surface area contributed by atoms with Gasteiger partial charge in [-0.05, 0) is 50.1 Å². The van der Waals surface area contributed by atoms with Crippen LogP contribution in [-0.4, -0.2) is 66.6 Å². The van der Waals surface area contributed by atoms with E-state index in [1.165, 1.54) is 18.5 Å². The minimum atomic E-state index is -0.696. The Bertz CT molecular complexity index is 744. The first kappa shape index (κ1) is 23.1. The number of nitrogens with one attached hydrogen (secondary N) is 2. The van der Waals surface area contributed by atoms with Crippen LogP contribution in [0.1, 0.15) is 51.4 Å². The first-order chi connectivity index (χ1) is 15.0. The van der Waals surface area contributed by atoms with Crippen LogP contribution >= 0.6 is 0 Å². The molecular weight excluding hydrogens is 396 g/mol. The third kappa shape index (κ3) is 7.54. The van der Waals surface area contributed by atoms with Gasteiger partial charge in [-0.15, -0.1) is 0 Å². The van der Waals surface area contributed by atoms with Gasteiger partial charge in [-0.25, -0.2) is 0 Å². The Morgan fingerprint density at radius 2 is 1.68 bits per heavy atom. The van der Waals surface area contributed by atoms with E-state index in [4.69, 9.17) is 5.11 Å². The summed E-state index contributed by atoms with van der Waals surface area (Å²) in [4.78, 5) is 38.5. The normalized spacial score (nSPS) is 19.9. The summed E-state index contributed by atoms with van der Waals surface area (Å²) in [5.41, 5.74) is 2.08. The van der Waals surface area contributed by atoms with E-state index in [1.807, 2.05) is 12.1 Å². The summed E-state index contributed by atoms with van der Waals surface area (Å²) in [7, 11) is 0. The zero-order valence-electron chi connectivity index (χ0n) is 18.1. The number of piperidine rings is 1. The fraction of sp³-hybridized carbons (Fsp3) is 0.609. The van der Waals surface area contributed by atoms with Crippen molar-refractivity contribution in [2.24, 2.45) is 0 Å². The number of carbonyl (C=O) groups excluding carboxylic acids is 2. The maximum absolute atomic E-state index is 11.9. The molecule has 31 heavy (non-hydrogen) atoms. The van der Waals surface area contributed by atoms with Crippen molar-refractivity contribution in [3.05, 3.63) is 24.3 Å². The lowest BCUT2D eigenvalue weighted by Gasteiger charge is -2.36. The van der Waals surface area contributed by atoms with Gasteiger partial charge in [0.15, 0.2) is 0 Å². The number of hydrogen-bond donors (Lipinski definition) is 3. The Balaban J connectivity index is 1.33. The van der Waals surface area contributed by atoms with E-state index in [1.54, 1.807) is 0 Å². The quantitative estimate of drug-likeness (QED) is 0.366. The van der Waals surface area contributed by atoms with Gasteiger partial charge in [-0.2, -0.15) is 0 Å². The molecule has 8 nitrogen and oxygen atoms in total. The second-order valence-corrected chi connectivity index (χ2v) is 8.44. The number of anilines is 2. The summed E-state index contributed by atoms with van der Waals surface area (Å²) in [6.07, 6.45) is 6.44. The molecule has 1 unspecified atom stereocenters. The molecular formula is C23H34N4O4. The van der Waals surface area contributed by atoms with Crippen molar-refractivity contribution in [1.29, 1.82) is 0 Å². The zero-order chi connectivity index (χ0) is 22.1. The molecule has 2 amide bonds. The lowest BCUT2D eigenvalue weighted by molar-refractivity contribution is -0.137. The molecule has 0 bridgehead atoms. The average Bonchev–Trinajstić information content (AvgIpc) is 2.76. The molecule has 1 aromatic rings. The molecule has 2 saturated heterocycles. The van der Waals surface area contributed by atoms with E-state index in [0.29, 0.717) is 12.8 Å². The molecule has 3 rings (SSSR count). The van der Waals surface area contributed by atoms with Crippen LogP contribution in [0.4, 0.5) is 11.4 Å². The largest absolute Gasteiger partial charge is 0.481 e. The van der Waals surface area contributed by atoms with Gasteiger partial charge < -0.3 is 15.3 Å². The standard InChI is InChI=1S/C23H34N4O4/c28-21-12-11-20(23(31)25-21)24-18-7-9-19(10-8-18)27-16-14-26(15-17-27)13-5-3-1-2-4-6-22(29)30/h7-10,20,24H,1-6,11-17H2,(H,29,30)(H,25,28,31). The van der Waals surface area contributed by atoms with E-state index in [0.717, 1.165) is 57.7 Å². The van der Waals surface area contributed by atoms with E-state index < -0.39 is 5.97 Å². The number of carboxylic acids is 1. The summed E-state index contributed by atoms with van der Waals surface area (Å²) in [6, 6.07) is 7.80. The van der Waals surface area contributed by atoms with Crippen LogP contribution in [0, 0.1) is 0 Å². The fourth-order valence-electron chi connectivity index (χ4n) is 4.17. The van der Waals surface area contributed by atoms with Crippen molar-refractivity contribution in [3.8, 4) is 0 Å². The highest BCUT2D eigenvalue weighted by Gasteiger charge is 2.26. The third-order valence-electron chi connectivity index (χ3n) is 6.05. The number of amides is 2.